The zero-order valence-electron chi connectivity index (χ0n) is 18.8. The lowest BCUT2D eigenvalue weighted by atomic mass is 9.91. The maximum atomic E-state index is 13.3. The first-order valence-electron chi connectivity index (χ1n) is 11.5. The molecule has 0 saturated heterocycles. The molecule has 4 aromatic rings. The van der Waals surface area contributed by atoms with Gasteiger partial charge in [0.2, 0.25) is 5.91 Å². The van der Waals surface area contributed by atoms with E-state index in [4.69, 9.17) is 0 Å². The van der Waals surface area contributed by atoms with Crippen LogP contribution in [-0.4, -0.2) is 34.0 Å². The van der Waals surface area contributed by atoms with Crippen LogP contribution in [-0.2, 0) is 27.2 Å². The SMILES string of the molecule is CCCC(=O)N[C@@H](Cc1c[nH]c2ccccc12)C(=O)C[C@H](C=O)Cc1c[nH]c2ccccc12. The molecule has 170 valence electrons. The number of nitrogens with one attached hydrogen (secondary N) is 3. The van der Waals surface area contributed by atoms with Crippen molar-refractivity contribution in [3.63, 3.8) is 0 Å². The highest BCUT2D eigenvalue weighted by atomic mass is 16.2. The molecule has 0 saturated carbocycles. The third-order valence-corrected chi connectivity index (χ3v) is 6.11. The van der Waals surface area contributed by atoms with E-state index in [-0.39, 0.29) is 18.1 Å². The average molecular weight is 444 g/mol. The summed E-state index contributed by atoms with van der Waals surface area (Å²) in [6.45, 7) is 1.93. The maximum Gasteiger partial charge on any atom is 0.220 e. The van der Waals surface area contributed by atoms with Gasteiger partial charge in [0.15, 0.2) is 5.78 Å². The smallest absolute Gasteiger partial charge is 0.220 e. The molecule has 6 nitrogen and oxygen atoms in total. The van der Waals surface area contributed by atoms with Crippen LogP contribution >= 0.6 is 0 Å². The molecule has 0 aliphatic carbocycles. The van der Waals surface area contributed by atoms with Crippen molar-refractivity contribution >= 4 is 39.8 Å². The number of carbonyl (C=O) groups is 3. The van der Waals surface area contributed by atoms with Gasteiger partial charge in [-0.25, -0.2) is 0 Å². The molecule has 0 spiro atoms. The predicted molar refractivity (Wildman–Crippen MR) is 130 cm³/mol. The van der Waals surface area contributed by atoms with Crippen LogP contribution < -0.4 is 5.32 Å². The zero-order valence-corrected chi connectivity index (χ0v) is 18.8. The number of H-pyrrole nitrogens is 2. The number of Topliss-reactive ketones (excluding diaryl/α,β-unsaturated/α-hetero) is 1. The highest BCUT2D eigenvalue weighted by molar-refractivity contribution is 5.92. The number of aldehydes is 1. The van der Waals surface area contributed by atoms with Crippen molar-refractivity contribution in [2.45, 2.75) is 45.1 Å². The molecule has 1 amide bonds. The Kier molecular flexibility index (Phi) is 7.03. The van der Waals surface area contributed by atoms with E-state index >= 15 is 0 Å². The van der Waals surface area contributed by atoms with Gasteiger partial charge in [0.1, 0.15) is 6.29 Å². The summed E-state index contributed by atoms with van der Waals surface area (Å²) in [5, 5.41) is 5.01. The third-order valence-electron chi connectivity index (χ3n) is 6.11. The Morgan fingerprint density at radius 3 is 2.06 bits per heavy atom. The van der Waals surface area contributed by atoms with Crippen LogP contribution in [0.25, 0.3) is 21.8 Å². The van der Waals surface area contributed by atoms with Gasteiger partial charge in [-0.2, -0.15) is 0 Å². The molecular weight excluding hydrogens is 414 g/mol. The molecule has 0 unspecified atom stereocenters. The Hall–Kier alpha value is -3.67. The van der Waals surface area contributed by atoms with Gasteiger partial charge in [0.25, 0.3) is 0 Å². The van der Waals surface area contributed by atoms with Gasteiger partial charge in [0.05, 0.1) is 6.04 Å². The van der Waals surface area contributed by atoms with Crippen molar-refractivity contribution in [3.8, 4) is 0 Å². The molecule has 33 heavy (non-hydrogen) atoms. The van der Waals surface area contributed by atoms with Gasteiger partial charge in [0, 0.05) is 59.4 Å². The summed E-state index contributed by atoms with van der Waals surface area (Å²) in [7, 11) is 0. The number of amides is 1. The Balaban J connectivity index is 1.51. The summed E-state index contributed by atoms with van der Waals surface area (Å²) in [5.74, 6) is -0.720. The van der Waals surface area contributed by atoms with Crippen LogP contribution in [0.2, 0.25) is 0 Å². The third kappa shape index (κ3) is 5.22. The zero-order chi connectivity index (χ0) is 23.2. The van der Waals surface area contributed by atoms with E-state index in [2.05, 4.69) is 15.3 Å². The Morgan fingerprint density at radius 1 is 0.909 bits per heavy atom. The number of benzene rings is 2. The molecule has 2 atom stereocenters. The van der Waals surface area contributed by atoms with E-state index in [0.717, 1.165) is 39.2 Å². The first-order valence-corrected chi connectivity index (χ1v) is 11.5. The largest absolute Gasteiger partial charge is 0.361 e. The predicted octanol–water partition coefficient (Wildman–Crippen LogP) is 4.49. The standard InChI is InChI=1S/C27H29N3O3/c1-2-7-27(33)30-25(14-20-16-29-24-11-6-4-9-22(20)24)26(32)13-18(17-31)12-19-15-28-23-10-5-3-8-21(19)23/h3-6,8-11,15-18,25,28-29H,2,7,12-14H2,1H3,(H,30,33)/t18-,25+/m1/s1. The number of fused-ring (bicyclic) bond motifs is 2. The van der Waals surface area contributed by atoms with Crippen LogP contribution in [0.4, 0.5) is 0 Å². The highest BCUT2D eigenvalue weighted by Gasteiger charge is 2.25. The molecule has 2 aromatic carbocycles. The number of ketones is 1. The summed E-state index contributed by atoms with van der Waals surface area (Å²) in [6.07, 6.45) is 6.66. The number of aromatic amines is 2. The van der Waals surface area contributed by atoms with Crippen LogP contribution in [0, 0.1) is 5.92 Å². The molecule has 0 fully saturated rings. The summed E-state index contributed by atoms with van der Waals surface area (Å²) < 4.78 is 0. The molecule has 0 radical (unpaired) electrons. The number of carbonyl (C=O) groups excluding carboxylic acids is 3. The van der Waals surface area contributed by atoms with Crippen LogP contribution in [0.1, 0.15) is 37.3 Å². The number of hydrogen-bond donors (Lipinski definition) is 3. The Labute approximate surface area is 192 Å². The van der Waals surface area contributed by atoms with Crippen LogP contribution in [0.3, 0.4) is 0 Å². The minimum atomic E-state index is -0.673. The molecule has 4 rings (SSSR count). The fraction of sp³-hybridized carbons (Fsp3) is 0.296. The lowest BCUT2D eigenvalue weighted by molar-refractivity contribution is -0.129. The Bertz CT molecular complexity index is 1270. The molecule has 0 bridgehead atoms. The second kappa shape index (κ2) is 10.3. The minimum Gasteiger partial charge on any atom is -0.361 e. The monoisotopic (exact) mass is 443 g/mol. The summed E-state index contributed by atoms with van der Waals surface area (Å²) in [4.78, 5) is 44.0. The summed E-state index contributed by atoms with van der Waals surface area (Å²) >= 11 is 0. The average Bonchev–Trinajstić information content (AvgIpc) is 3.42. The molecule has 0 aliphatic heterocycles. The molecule has 3 N–H and O–H groups in total. The molecule has 6 heteroatoms. The van der Waals surface area contributed by atoms with Crippen molar-refractivity contribution in [3.05, 3.63) is 72.1 Å². The topological polar surface area (TPSA) is 94.8 Å². The van der Waals surface area contributed by atoms with E-state index in [9.17, 15) is 14.4 Å². The second-order valence-electron chi connectivity index (χ2n) is 8.56. The maximum absolute atomic E-state index is 13.3. The fourth-order valence-electron chi connectivity index (χ4n) is 4.41. The van der Waals surface area contributed by atoms with Crippen molar-refractivity contribution in [1.29, 1.82) is 0 Å². The van der Waals surface area contributed by atoms with Crippen molar-refractivity contribution in [2.75, 3.05) is 0 Å². The molecular formula is C27H29N3O3. The first-order chi connectivity index (χ1) is 16.1. The van der Waals surface area contributed by atoms with Gasteiger partial charge >= 0.3 is 0 Å². The van der Waals surface area contributed by atoms with Gasteiger partial charge in [-0.05, 0) is 36.1 Å². The number of hydrogen-bond acceptors (Lipinski definition) is 3. The molecule has 0 aliphatic rings. The van der Waals surface area contributed by atoms with E-state index in [1.807, 2.05) is 67.8 Å². The number of rotatable bonds is 11. The lowest BCUT2D eigenvalue weighted by Gasteiger charge is -2.19. The highest BCUT2D eigenvalue weighted by Crippen LogP contribution is 2.23. The van der Waals surface area contributed by atoms with Crippen molar-refractivity contribution in [2.24, 2.45) is 5.92 Å². The van der Waals surface area contributed by atoms with E-state index in [1.165, 1.54) is 0 Å². The van der Waals surface area contributed by atoms with Crippen molar-refractivity contribution in [1.82, 2.24) is 15.3 Å². The van der Waals surface area contributed by atoms with Gasteiger partial charge in [-0.1, -0.05) is 43.3 Å². The lowest BCUT2D eigenvalue weighted by Crippen LogP contribution is -2.43. The van der Waals surface area contributed by atoms with Gasteiger partial charge in [-0.15, -0.1) is 0 Å². The van der Waals surface area contributed by atoms with E-state index < -0.39 is 12.0 Å². The van der Waals surface area contributed by atoms with E-state index in [1.54, 1.807) is 0 Å². The van der Waals surface area contributed by atoms with Gasteiger partial charge < -0.3 is 20.1 Å². The summed E-state index contributed by atoms with van der Waals surface area (Å²) in [6, 6.07) is 15.1. The fourth-order valence-corrected chi connectivity index (χ4v) is 4.41. The summed E-state index contributed by atoms with van der Waals surface area (Å²) in [5.41, 5.74) is 3.98. The quantitative estimate of drug-likeness (QED) is 0.298. The van der Waals surface area contributed by atoms with Crippen LogP contribution in [0.15, 0.2) is 60.9 Å². The van der Waals surface area contributed by atoms with Crippen LogP contribution in [0.5, 0.6) is 0 Å². The minimum absolute atomic E-state index is 0.0857. The van der Waals surface area contributed by atoms with Crippen molar-refractivity contribution < 1.29 is 14.4 Å². The van der Waals surface area contributed by atoms with Gasteiger partial charge in [-0.3, -0.25) is 9.59 Å². The number of para-hydroxylation sites is 2. The normalized spacial score (nSPS) is 13.1. The molecule has 2 aromatic heterocycles. The van der Waals surface area contributed by atoms with E-state index in [0.29, 0.717) is 25.7 Å². The second-order valence-corrected chi connectivity index (χ2v) is 8.56. The molecule has 2 heterocycles. The Morgan fingerprint density at radius 2 is 1.48 bits per heavy atom. The first kappa shape index (κ1) is 22.5. The number of aromatic nitrogens is 2.